The van der Waals surface area contributed by atoms with Crippen molar-refractivity contribution in [1.29, 1.82) is 0 Å². The number of hydrogen-bond donors (Lipinski definition) is 1. The summed E-state index contributed by atoms with van der Waals surface area (Å²) in [5.41, 5.74) is 0. The van der Waals surface area contributed by atoms with Gasteiger partial charge in [0.1, 0.15) is 17.7 Å². The number of halogens is 2. The minimum Gasteiger partial charge on any atom is -0.485 e. The highest BCUT2D eigenvalue weighted by atomic mass is 35.5. The first kappa shape index (κ1) is 13.2. The second-order valence-electron chi connectivity index (χ2n) is 3.33. The number of nitrogens with one attached hydrogen (secondary N) is 1. The van der Waals surface area contributed by atoms with Gasteiger partial charge in [-0.25, -0.2) is 4.39 Å². The Morgan fingerprint density at radius 1 is 1.50 bits per heavy atom. The van der Waals surface area contributed by atoms with E-state index in [-0.39, 0.29) is 16.9 Å². The maximum Gasteiger partial charge on any atom is 0.138 e. The fourth-order valence-corrected chi connectivity index (χ4v) is 1.51. The van der Waals surface area contributed by atoms with Gasteiger partial charge in [0.25, 0.3) is 0 Å². The fraction of sp³-hybridized carbons (Fsp3) is 0.455. The van der Waals surface area contributed by atoms with Crippen molar-refractivity contribution in [2.24, 2.45) is 0 Å². The third-order valence-electron chi connectivity index (χ3n) is 1.97. The highest BCUT2D eigenvalue weighted by Gasteiger charge is 2.11. The van der Waals surface area contributed by atoms with Gasteiger partial charge in [0.15, 0.2) is 0 Å². The number of hydrogen-bond acceptors (Lipinski definition) is 3. The molecule has 1 N–H and O–H groups in total. The van der Waals surface area contributed by atoms with Gasteiger partial charge in [0.2, 0.25) is 0 Å². The summed E-state index contributed by atoms with van der Waals surface area (Å²) in [7, 11) is 3.41. The maximum atomic E-state index is 12.8. The van der Waals surface area contributed by atoms with E-state index in [1.807, 2.05) is 7.05 Å². The second kappa shape index (κ2) is 6.68. The zero-order chi connectivity index (χ0) is 12.0. The number of rotatable bonds is 6. The van der Waals surface area contributed by atoms with Crippen molar-refractivity contribution in [3.63, 3.8) is 0 Å². The van der Waals surface area contributed by atoms with Gasteiger partial charge in [-0.15, -0.1) is 0 Å². The molecular weight excluding hydrogens is 233 g/mol. The monoisotopic (exact) mass is 247 g/mol. The van der Waals surface area contributed by atoms with Gasteiger partial charge in [-0.05, 0) is 25.2 Å². The van der Waals surface area contributed by atoms with E-state index in [0.717, 1.165) is 0 Å². The summed E-state index contributed by atoms with van der Waals surface area (Å²) in [5, 5.41) is 3.24. The fourth-order valence-electron chi connectivity index (χ4n) is 1.30. The van der Waals surface area contributed by atoms with Crippen LogP contribution in [0.25, 0.3) is 0 Å². The molecule has 16 heavy (non-hydrogen) atoms. The molecule has 0 saturated heterocycles. The molecule has 5 heteroatoms. The molecule has 1 unspecified atom stereocenters. The summed E-state index contributed by atoms with van der Waals surface area (Å²) >= 11 is 5.85. The molecule has 1 atom stereocenters. The number of ether oxygens (including phenoxy) is 2. The second-order valence-corrected chi connectivity index (χ2v) is 3.73. The quantitative estimate of drug-likeness (QED) is 0.835. The zero-order valence-corrected chi connectivity index (χ0v) is 10.1. The maximum absolute atomic E-state index is 12.8. The third-order valence-corrected chi connectivity index (χ3v) is 2.27. The predicted molar refractivity (Wildman–Crippen MR) is 61.6 cm³/mol. The summed E-state index contributed by atoms with van der Waals surface area (Å²) < 4.78 is 23.4. The van der Waals surface area contributed by atoms with E-state index in [4.69, 9.17) is 21.1 Å². The van der Waals surface area contributed by atoms with Crippen LogP contribution in [0.1, 0.15) is 0 Å². The van der Waals surface area contributed by atoms with E-state index >= 15 is 0 Å². The van der Waals surface area contributed by atoms with Crippen molar-refractivity contribution in [3.05, 3.63) is 29.0 Å². The van der Waals surface area contributed by atoms with Crippen LogP contribution in [0, 0.1) is 5.82 Å². The molecule has 0 spiro atoms. The standard InChI is InChI=1S/C11H15ClFNO2/c1-14-6-9(7-15-2)16-11-4-3-8(13)5-10(11)12/h3-5,9,14H,6-7H2,1-2H3. The molecule has 1 aromatic rings. The van der Waals surface area contributed by atoms with Gasteiger partial charge < -0.3 is 14.8 Å². The smallest absolute Gasteiger partial charge is 0.138 e. The van der Waals surface area contributed by atoms with Crippen LogP contribution in [-0.2, 0) is 4.74 Å². The van der Waals surface area contributed by atoms with Crippen molar-refractivity contribution < 1.29 is 13.9 Å². The molecule has 0 fully saturated rings. The molecule has 0 heterocycles. The Morgan fingerprint density at radius 2 is 2.25 bits per heavy atom. The first-order valence-electron chi connectivity index (χ1n) is 4.92. The van der Waals surface area contributed by atoms with Crippen molar-refractivity contribution in [1.82, 2.24) is 5.32 Å². The van der Waals surface area contributed by atoms with Gasteiger partial charge in [-0.1, -0.05) is 11.6 Å². The lowest BCUT2D eigenvalue weighted by Gasteiger charge is -2.18. The Hall–Kier alpha value is -0.840. The van der Waals surface area contributed by atoms with Crippen molar-refractivity contribution in [2.75, 3.05) is 27.3 Å². The molecular formula is C11H15ClFNO2. The minimum atomic E-state index is -0.380. The molecule has 0 bridgehead atoms. The van der Waals surface area contributed by atoms with Gasteiger partial charge in [0, 0.05) is 13.7 Å². The SMILES string of the molecule is CNCC(COC)Oc1ccc(F)cc1Cl. The van der Waals surface area contributed by atoms with Gasteiger partial charge >= 0.3 is 0 Å². The summed E-state index contributed by atoms with van der Waals surface area (Å²) in [6.07, 6.45) is -0.155. The molecule has 0 radical (unpaired) electrons. The first-order valence-corrected chi connectivity index (χ1v) is 5.30. The molecule has 1 aromatic carbocycles. The summed E-state index contributed by atoms with van der Waals surface area (Å²) in [6, 6.07) is 4.04. The third kappa shape index (κ3) is 3.96. The molecule has 0 amide bonds. The van der Waals surface area contributed by atoms with Crippen LogP contribution in [0.2, 0.25) is 5.02 Å². The normalized spacial score (nSPS) is 12.5. The average Bonchev–Trinajstić information content (AvgIpc) is 2.23. The van der Waals surface area contributed by atoms with Crippen LogP contribution < -0.4 is 10.1 Å². The minimum absolute atomic E-state index is 0.155. The Balaban J connectivity index is 2.68. The lowest BCUT2D eigenvalue weighted by Crippen LogP contribution is -2.33. The highest BCUT2D eigenvalue weighted by molar-refractivity contribution is 6.32. The molecule has 3 nitrogen and oxygen atoms in total. The van der Waals surface area contributed by atoms with Crippen LogP contribution in [0.4, 0.5) is 4.39 Å². The molecule has 0 saturated carbocycles. The van der Waals surface area contributed by atoms with Gasteiger partial charge in [-0.2, -0.15) is 0 Å². The van der Waals surface area contributed by atoms with E-state index in [0.29, 0.717) is 18.9 Å². The Morgan fingerprint density at radius 3 is 2.81 bits per heavy atom. The van der Waals surface area contributed by atoms with E-state index < -0.39 is 0 Å². The van der Waals surface area contributed by atoms with Crippen LogP contribution in [0.5, 0.6) is 5.75 Å². The van der Waals surface area contributed by atoms with Crippen molar-refractivity contribution in [2.45, 2.75) is 6.10 Å². The van der Waals surface area contributed by atoms with Crippen molar-refractivity contribution in [3.8, 4) is 5.75 Å². The van der Waals surface area contributed by atoms with E-state index in [1.54, 1.807) is 7.11 Å². The zero-order valence-electron chi connectivity index (χ0n) is 9.30. The van der Waals surface area contributed by atoms with E-state index in [9.17, 15) is 4.39 Å². The predicted octanol–water partition coefficient (Wildman–Crippen LogP) is 2.09. The number of likely N-dealkylation sites (N-methyl/N-ethyl adjacent to an activating group) is 1. The first-order chi connectivity index (χ1) is 7.67. The summed E-state index contributed by atoms with van der Waals surface area (Å²) in [6.45, 7) is 1.07. The van der Waals surface area contributed by atoms with Crippen LogP contribution >= 0.6 is 11.6 Å². The molecule has 0 aliphatic rings. The van der Waals surface area contributed by atoms with Crippen LogP contribution in [-0.4, -0.2) is 33.4 Å². The van der Waals surface area contributed by atoms with E-state index in [2.05, 4.69) is 5.32 Å². The molecule has 90 valence electrons. The van der Waals surface area contributed by atoms with E-state index in [1.165, 1.54) is 18.2 Å². The summed E-state index contributed by atoms with van der Waals surface area (Å²) in [4.78, 5) is 0. The summed E-state index contributed by atoms with van der Waals surface area (Å²) in [5.74, 6) is 0.0784. The van der Waals surface area contributed by atoms with Crippen molar-refractivity contribution >= 4 is 11.6 Å². The number of methoxy groups -OCH3 is 1. The largest absolute Gasteiger partial charge is 0.485 e. The lowest BCUT2D eigenvalue weighted by molar-refractivity contribution is 0.0818. The molecule has 0 aliphatic carbocycles. The molecule has 1 rings (SSSR count). The van der Waals surface area contributed by atoms with Crippen LogP contribution in [0.15, 0.2) is 18.2 Å². The molecule has 0 aliphatic heterocycles. The number of benzene rings is 1. The highest BCUT2D eigenvalue weighted by Crippen LogP contribution is 2.25. The molecule has 0 aromatic heterocycles. The van der Waals surface area contributed by atoms with Gasteiger partial charge in [-0.3, -0.25) is 0 Å². The van der Waals surface area contributed by atoms with Crippen LogP contribution in [0.3, 0.4) is 0 Å². The lowest BCUT2D eigenvalue weighted by atomic mass is 10.3. The topological polar surface area (TPSA) is 30.5 Å². The Kier molecular flexibility index (Phi) is 5.52. The Bertz CT molecular complexity index is 330. The average molecular weight is 248 g/mol. The van der Waals surface area contributed by atoms with Gasteiger partial charge in [0.05, 0.1) is 11.6 Å². The Labute approximate surface area is 99.5 Å².